The van der Waals surface area contributed by atoms with Crippen molar-refractivity contribution in [1.82, 2.24) is 9.88 Å². The van der Waals surface area contributed by atoms with Gasteiger partial charge in [-0.3, -0.25) is 4.79 Å². The minimum Gasteiger partial charge on any atom is -0.467 e. The van der Waals surface area contributed by atoms with E-state index in [0.717, 1.165) is 18.4 Å². The Morgan fingerprint density at radius 3 is 2.83 bits per heavy atom. The Kier molecular flexibility index (Phi) is 4.93. The molecule has 6 nitrogen and oxygen atoms in total. The third-order valence-electron chi connectivity index (χ3n) is 4.20. The Balaban J connectivity index is 1.70. The molecule has 1 aromatic carbocycles. The molecule has 1 aliphatic heterocycles. The molecule has 1 amide bonds. The van der Waals surface area contributed by atoms with E-state index < -0.39 is 6.04 Å². The summed E-state index contributed by atoms with van der Waals surface area (Å²) in [5, 5.41) is 0. The zero-order valence-electron chi connectivity index (χ0n) is 13.6. The van der Waals surface area contributed by atoms with E-state index in [2.05, 4.69) is 4.98 Å². The first kappa shape index (κ1) is 16.2. The molecule has 1 aromatic heterocycles. The number of rotatable bonds is 4. The summed E-state index contributed by atoms with van der Waals surface area (Å²) in [5.41, 5.74) is 1.43. The minimum atomic E-state index is -0.489. The number of ether oxygens (including phenoxy) is 1. The second-order valence-electron chi connectivity index (χ2n) is 5.81. The third kappa shape index (κ3) is 3.48. The first-order valence-electron chi connectivity index (χ1n) is 8.06. The molecule has 126 valence electrons. The highest BCUT2D eigenvalue weighted by Crippen LogP contribution is 2.21. The standard InChI is InChI=1S/C18H20N2O4/c1-23-18(22)15-9-5-6-10-20(15)16(21)11-14-12-24-17(19-14)13-7-3-2-4-8-13/h2-4,7-8,12,15H,5-6,9-11H2,1H3. The Bertz CT molecular complexity index is 711. The van der Waals surface area contributed by atoms with E-state index in [1.807, 2.05) is 30.3 Å². The number of carbonyl (C=O) groups excluding carboxylic acids is 2. The Morgan fingerprint density at radius 2 is 2.08 bits per heavy atom. The minimum absolute atomic E-state index is 0.115. The molecule has 0 N–H and O–H groups in total. The number of aromatic nitrogens is 1. The van der Waals surface area contributed by atoms with Gasteiger partial charge in [0.25, 0.3) is 0 Å². The van der Waals surface area contributed by atoms with Gasteiger partial charge in [0.15, 0.2) is 0 Å². The number of methoxy groups -OCH3 is 1. The third-order valence-corrected chi connectivity index (χ3v) is 4.20. The molecule has 2 heterocycles. The van der Waals surface area contributed by atoms with E-state index in [9.17, 15) is 9.59 Å². The monoisotopic (exact) mass is 328 g/mol. The van der Waals surface area contributed by atoms with Crippen LogP contribution in [0.15, 0.2) is 41.0 Å². The molecule has 0 saturated carbocycles. The average Bonchev–Trinajstić information content (AvgIpc) is 3.10. The summed E-state index contributed by atoms with van der Waals surface area (Å²) >= 11 is 0. The van der Waals surface area contributed by atoms with Gasteiger partial charge in [-0.15, -0.1) is 0 Å². The van der Waals surface area contributed by atoms with Gasteiger partial charge in [0.2, 0.25) is 11.8 Å². The smallest absolute Gasteiger partial charge is 0.328 e. The number of likely N-dealkylation sites (tertiary alicyclic amines) is 1. The van der Waals surface area contributed by atoms with Crippen molar-refractivity contribution in [2.24, 2.45) is 0 Å². The summed E-state index contributed by atoms with van der Waals surface area (Å²) in [7, 11) is 1.35. The van der Waals surface area contributed by atoms with Gasteiger partial charge >= 0.3 is 5.97 Å². The van der Waals surface area contributed by atoms with Gasteiger partial charge in [-0.25, -0.2) is 9.78 Å². The molecule has 6 heteroatoms. The molecule has 0 spiro atoms. The predicted molar refractivity (Wildman–Crippen MR) is 87.0 cm³/mol. The highest BCUT2D eigenvalue weighted by Gasteiger charge is 2.33. The van der Waals surface area contributed by atoms with Crippen LogP contribution in [0.1, 0.15) is 25.0 Å². The molecule has 24 heavy (non-hydrogen) atoms. The van der Waals surface area contributed by atoms with E-state index in [4.69, 9.17) is 9.15 Å². The summed E-state index contributed by atoms with van der Waals surface area (Å²) in [6.07, 6.45) is 4.08. The number of oxazole rings is 1. The van der Waals surface area contributed by atoms with Crippen LogP contribution in [0.5, 0.6) is 0 Å². The van der Waals surface area contributed by atoms with E-state index in [-0.39, 0.29) is 18.3 Å². The molecule has 1 aliphatic rings. The van der Waals surface area contributed by atoms with Crippen molar-refractivity contribution >= 4 is 11.9 Å². The molecule has 0 bridgehead atoms. The second kappa shape index (κ2) is 7.29. The number of hydrogen-bond acceptors (Lipinski definition) is 5. The highest BCUT2D eigenvalue weighted by molar-refractivity contribution is 5.85. The van der Waals surface area contributed by atoms with Crippen molar-refractivity contribution in [1.29, 1.82) is 0 Å². The summed E-state index contributed by atoms with van der Waals surface area (Å²) < 4.78 is 10.3. The van der Waals surface area contributed by atoms with Crippen LogP contribution in [-0.4, -0.2) is 41.5 Å². The molecule has 1 saturated heterocycles. The summed E-state index contributed by atoms with van der Waals surface area (Å²) in [6.45, 7) is 0.571. The molecular weight excluding hydrogens is 308 g/mol. The quantitative estimate of drug-likeness (QED) is 0.806. The lowest BCUT2D eigenvalue weighted by Gasteiger charge is -2.33. The van der Waals surface area contributed by atoms with Gasteiger partial charge in [0.05, 0.1) is 19.2 Å². The van der Waals surface area contributed by atoms with Crippen LogP contribution < -0.4 is 0 Å². The number of nitrogens with zero attached hydrogens (tertiary/aromatic N) is 2. The first-order valence-corrected chi connectivity index (χ1v) is 8.06. The summed E-state index contributed by atoms with van der Waals surface area (Å²) in [6, 6.07) is 9.03. The average molecular weight is 328 g/mol. The molecular formula is C18H20N2O4. The fourth-order valence-corrected chi connectivity index (χ4v) is 2.97. The van der Waals surface area contributed by atoms with Gasteiger partial charge in [-0.05, 0) is 31.4 Å². The SMILES string of the molecule is COC(=O)C1CCCCN1C(=O)Cc1coc(-c2ccccc2)n1. The number of amides is 1. The summed E-state index contributed by atoms with van der Waals surface area (Å²) in [5.74, 6) is 0.00718. The summed E-state index contributed by atoms with van der Waals surface area (Å²) in [4.78, 5) is 30.4. The molecule has 1 fully saturated rings. The van der Waals surface area contributed by atoms with Crippen LogP contribution in [0.4, 0.5) is 0 Å². The number of esters is 1. The molecule has 0 aliphatic carbocycles. The normalized spacial score (nSPS) is 17.5. The Labute approximate surface area is 140 Å². The molecule has 2 aromatic rings. The van der Waals surface area contributed by atoms with Crippen LogP contribution in [0, 0.1) is 0 Å². The van der Waals surface area contributed by atoms with Gasteiger partial charge in [0.1, 0.15) is 12.3 Å². The van der Waals surface area contributed by atoms with E-state index in [0.29, 0.717) is 24.6 Å². The van der Waals surface area contributed by atoms with Gasteiger partial charge < -0.3 is 14.1 Å². The predicted octanol–water partition coefficient (Wildman–Crippen LogP) is 2.44. The van der Waals surface area contributed by atoms with Crippen LogP contribution in [0.2, 0.25) is 0 Å². The van der Waals surface area contributed by atoms with Gasteiger partial charge in [-0.1, -0.05) is 18.2 Å². The van der Waals surface area contributed by atoms with Crippen LogP contribution in [-0.2, 0) is 20.7 Å². The van der Waals surface area contributed by atoms with Gasteiger partial charge in [0, 0.05) is 12.1 Å². The van der Waals surface area contributed by atoms with Crippen molar-refractivity contribution < 1.29 is 18.7 Å². The number of hydrogen-bond donors (Lipinski definition) is 0. The van der Waals surface area contributed by atoms with E-state index in [1.165, 1.54) is 13.4 Å². The molecule has 1 atom stereocenters. The highest BCUT2D eigenvalue weighted by atomic mass is 16.5. The van der Waals surface area contributed by atoms with E-state index >= 15 is 0 Å². The fraction of sp³-hybridized carbons (Fsp3) is 0.389. The zero-order chi connectivity index (χ0) is 16.9. The lowest BCUT2D eigenvalue weighted by atomic mass is 10.0. The zero-order valence-corrected chi connectivity index (χ0v) is 13.6. The van der Waals surface area contributed by atoms with Gasteiger partial charge in [-0.2, -0.15) is 0 Å². The topological polar surface area (TPSA) is 72.6 Å². The van der Waals surface area contributed by atoms with Crippen molar-refractivity contribution in [2.45, 2.75) is 31.7 Å². The Morgan fingerprint density at radius 1 is 1.29 bits per heavy atom. The maximum absolute atomic E-state index is 12.6. The van der Waals surface area contributed by atoms with Crippen molar-refractivity contribution in [3.8, 4) is 11.5 Å². The van der Waals surface area contributed by atoms with Crippen molar-refractivity contribution in [3.05, 3.63) is 42.3 Å². The van der Waals surface area contributed by atoms with Crippen LogP contribution >= 0.6 is 0 Å². The fourth-order valence-electron chi connectivity index (χ4n) is 2.97. The van der Waals surface area contributed by atoms with Crippen molar-refractivity contribution in [2.75, 3.05) is 13.7 Å². The van der Waals surface area contributed by atoms with Crippen LogP contribution in [0.3, 0.4) is 0 Å². The molecule has 1 unspecified atom stereocenters. The van der Waals surface area contributed by atoms with Crippen molar-refractivity contribution in [3.63, 3.8) is 0 Å². The maximum atomic E-state index is 12.6. The number of carbonyl (C=O) groups is 2. The molecule has 3 rings (SSSR count). The largest absolute Gasteiger partial charge is 0.467 e. The first-order chi connectivity index (χ1) is 11.7. The lowest BCUT2D eigenvalue weighted by Crippen LogP contribution is -2.49. The van der Waals surface area contributed by atoms with Crippen LogP contribution in [0.25, 0.3) is 11.5 Å². The van der Waals surface area contributed by atoms with E-state index in [1.54, 1.807) is 4.90 Å². The number of benzene rings is 1. The second-order valence-corrected chi connectivity index (χ2v) is 5.81. The Hall–Kier alpha value is -2.63. The molecule has 0 radical (unpaired) electrons. The lowest BCUT2D eigenvalue weighted by molar-refractivity contribution is -0.154. The number of piperidine rings is 1. The maximum Gasteiger partial charge on any atom is 0.328 e.